The Balaban J connectivity index is 1.30. The van der Waals surface area contributed by atoms with E-state index in [-0.39, 0.29) is 5.91 Å². The molecule has 0 N–H and O–H groups in total. The molecule has 0 saturated carbocycles. The van der Waals surface area contributed by atoms with Crippen LogP contribution < -0.4 is 9.80 Å². The normalized spacial score (nSPS) is 15.9. The number of fused-ring (bicyclic) bond motifs is 2. The molecule has 2 aliphatic rings. The second kappa shape index (κ2) is 9.68. The van der Waals surface area contributed by atoms with Crippen molar-refractivity contribution in [3.63, 3.8) is 0 Å². The van der Waals surface area contributed by atoms with Gasteiger partial charge in [0.05, 0.1) is 12.1 Å². The molecule has 6 heteroatoms. The fourth-order valence-corrected chi connectivity index (χ4v) is 6.16. The molecular weight excluding hydrogens is 512 g/mol. The lowest BCUT2D eigenvalue weighted by atomic mass is 9.95. The lowest BCUT2D eigenvalue weighted by Crippen LogP contribution is -2.44. The Morgan fingerprint density at radius 3 is 2.44 bits per heavy atom. The van der Waals surface area contributed by atoms with E-state index in [0.29, 0.717) is 6.42 Å². The zero-order valence-electron chi connectivity index (χ0n) is 20.5. The predicted octanol–water partition coefficient (Wildman–Crippen LogP) is 5.55. The third-order valence-corrected chi connectivity index (χ3v) is 8.17. The molecule has 0 spiro atoms. The number of halogens is 1. The summed E-state index contributed by atoms with van der Waals surface area (Å²) in [6, 6.07) is 21.1. The maximum atomic E-state index is 13.7. The van der Waals surface area contributed by atoms with Crippen LogP contribution in [0.2, 0.25) is 0 Å². The predicted molar refractivity (Wildman–Crippen MR) is 151 cm³/mol. The summed E-state index contributed by atoms with van der Waals surface area (Å²) in [6.45, 7) is 4.83. The van der Waals surface area contributed by atoms with Crippen molar-refractivity contribution in [2.45, 2.75) is 12.8 Å². The largest absolute Gasteiger partial charge is 0.368 e. The number of likely N-dealkylation sites (N-methyl/N-ethyl adjacent to an activating group) is 1. The Morgan fingerprint density at radius 1 is 0.889 bits per heavy atom. The Labute approximate surface area is 220 Å². The van der Waals surface area contributed by atoms with E-state index in [1.165, 1.54) is 11.3 Å². The number of carbonyl (C=O) groups is 1. The van der Waals surface area contributed by atoms with Crippen molar-refractivity contribution in [1.29, 1.82) is 0 Å². The molecule has 5 nitrogen and oxygen atoms in total. The number of pyridine rings is 1. The summed E-state index contributed by atoms with van der Waals surface area (Å²) in [4.78, 5) is 24.6. The van der Waals surface area contributed by atoms with E-state index in [0.717, 1.165) is 76.8 Å². The number of amides is 1. The molecule has 1 aromatic heterocycles. The van der Waals surface area contributed by atoms with E-state index in [4.69, 9.17) is 0 Å². The van der Waals surface area contributed by atoms with Crippen LogP contribution in [-0.2, 0) is 17.6 Å². The van der Waals surface area contributed by atoms with Gasteiger partial charge in [0, 0.05) is 55.3 Å². The highest BCUT2D eigenvalue weighted by Crippen LogP contribution is 2.39. The van der Waals surface area contributed by atoms with Crippen molar-refractivity contribution in [3.05, 3.63) is 88.7 Å². The van der Waals surface area contributed by atoms with Crippen LogP contribution in [0.1, 0.15) is 11.1 Å². The lowest BCUT2D eigenvalue weighted by Gasteiger charge is -2.35. The number of hydrogen-bond acceptors (Lipinski definition) is 4. The Bertz CT molecular complexity index is 1430. The highest BCUT2D eigenvalue weighted by atomic mass is 79.9. The van der Waals surface area contributed by atoms with Crippen LogP contribution in [0.25, 0.3) is 21.9 Å². The van der Waals surface area contributed by atoms with Crippen molar-refractivity contribution in [3.8, 4) is 11.1 Å². The second-order valence-electron chi connectivity index (χ2n) is 9.75. The number of nitrogens with zero attached hydrogens (tertiary/aromatic N) is 4. The third kappa shape index (κ3) is 4.29. The van der Waals surface area contributed by atoms with Crippen molar-refractivity contribution >= 4 is 44.0 Å². The Morgan fingerprint density at radius 2 is 1.64 bits per heavy atom. The maximum absolute atomic E-state index is 13.7. The zero-order chi connectivity index (χ0) is 24.6. The van der Waals surface area contributed by atoms with Crippen molar-refractivity contribution in [2.75, 3.05) is 49.6 Å². The summed E-state index contributed by atoms with van der Waals surface area (Å²) in [7, 11) is 2.17. The van der Waals surface area contributed by atoms with E-state index < -0.39 is 0 Å². The smallest absolute Gasteiger partial charge is 0.231 e. The molecule has 3 aromatic carbocycles. The van der Waals surface area contributed by atoms with Gasteiger partial charge in [0.1, 0.15) is 0 Å². The monoisotopic (exact) mass is 540 g/mol. The van der Waals surface area contributed by atoms with Gasteiger partial charge in [-0.3, -0.25) is 9.78 Å². The topological polar surface area (TPSA) is 39.7 Å². The van der Waals surface area contributed by atoms with Gasteiger partial charge in [-0.2, -0.15) is 0 Å². The standard InChI is InChI=1S/C30H29BrN4O/c1-33-14-16-34(17-15-33)29-20-28-23(18-27(29)31)10-13-35(28)30(36)19-22-4-2-7-26-24(5-3-6-25(22)26)21-8-11-32-12-9-21/h2-9,11-12,18,20H,10,13-17,19H2,1H3. The first kappa shape index (κ1) is 23.2. The molecule has 0 bridgehead atoms. The molecule has 0 aliphatic carbocycles. The van der Waals surface area contributed by atoms with E-state index in [1.807, 2.05) is 29.4 Å². The molecule has 0 radical (unpaired) electrons. The first-order chi connectivity index (χ1) is 17.6. The minimum atomic E-state index is 0.155. The van der Waals surface area contributed by atoms with Gasteiger partial charge in [-0.05, 0) is 86.7 Å². The van der Waals surface area contributed by atoms with Gasteiger partial charge in [-0.15, -0.1) is 0 Å². The molecule has 6 rings (SSSR count). The molecule has 2 aliphatic heterocycles. The highest BCUT2D eigenvalue weighted by Gasteiger charge is 2.28. The average Bonchev–Trinajstić information content (AvgIpc) is 3.32. The summed E-state index contributed by atoms with van der Waals surface area (Å²) in [6.07, 6.45) is 4.92. The summed E-state index contributed by atoms with van der Waals surface area (Å²) < 4.78 is 1.12. The fraction of sp³-hybridized carbons (Fsp3) is 0.267. The number of piperazine rings is 1. The fourth-order valence-electron chi connectivity index (χ4n) is 5.52. The van der Waals surface area contributed by atoms with E-state index in [2.05, 4.69) is 86.3 Å². The van der Waals surface area contributed by atoms with Gasteiger partial charge in [0.2, 0.25) is 5.91 Å². The number of anilines is 2. The van der Waals surface area contributed by atoms with E-state index in [9.17, 15) is 4.79 Å². The van der Waals surface area contributed by atoms with Gasteiger partial charge in [-0.25, -0.2) is 0 Å². The van der Waals surface area contributed by atoms with E-state index in [1.54, 1.807) is 0 Å². The third-order valence-electron chi connectivity index (χ3n) is 7.53. The minimum absolute atomic E-state index is 0.155. The minimum Gasteiger partial charge on any atom is -0.368 e. The van der Waals surface area contributed by atoms with Crippen LogP contribution in [0, 0.1) is 0 Å². The molecule has 4 aromatic rings. The summed E-state index contributed by atoms with van der Waals surface area (Å²) in [5.74, 6) is 0.155. The van der Waals surface area contributed by atoms with Crippen LogP contribution in [0.5, 0.6) is 0 Å². The van der Waals surface area contributed by atoms with Crippen molar-refractivity contribution in [2.24, 2.45) is 0 Å². The summed E-state index contributed by atoms with van der Waals surface area (Å²) in [5, 5.41) is 2.30. The zero-order valence-corrected chi connectivity index (χ0v) is 22.0. The molecule has 3 heterocycles. The average molecular weight is 541 g/mol. The van der Waals surface area contributed by atoms with Crippen LogP contribution in [-0.4, -0.2) is 55.6 Å². The molecule has 182 valence electrons. The molecule has 0 unspecified atom stereocenters. The maximum Gasteiger partial charge on any atom is 0.231 e. The number of benzene rings is 3. The first-order valence-electron chi connectivity index (χ1n) is 12.6. The lowest BCUT2D eigenvalue weighted by molar-refractivity contribution is -0.117. The number of carbonyl (C=O) groups excluding carboxylic acids is 1. The SMILES string of the molecule is CN1CCN(c2cc3c(cc2Br)CCN3C(=O)Cc2cccc3c(-c4ccncc4)cccc23)CC1. The van der Waals surface area contributed by atoms with Gasteiger partial charge < -0.3 is 14.7 Å². The van der Waals surface area contributed by atoms with Gasteiger partial charge >= 0.3 is 0 Å². The van der Waals surface area contributed by atoms with Gasteiger partial charge in [0.15, 0.2) is 0 Å². The molecule has 1 fully saturated rings. The number of rotatable bonds is 4. The molecule has 1 amide bonds. The van der Waals surface area contributed by atoms with Gasteiger partial charge in [-0.1, -0.05) is 36.4 Å². The van der Waals surface area contributed by atoms with Gasteiger partial charge in [0.25, 0.3) is 0 Å². The molecule has 1 saturated heterocycles. The highest BCUT2D eigenvalue weighted by molar-refractivity contribution is 9.10. The number of hydrogen-bond donors (Lipinski definition) is 0. The first-order valence-corrected chi connectivity index (χ1v) is 13.3. The molecule has 0 atom stereocenters. The second-order valence-corrected chi connectivity index (χ2v) is 10.6. The summed E-state index contributed by atoms with van der Waals surface area (Å²) in [5.41, 5.74) is 6.86. The van der Waals surface area contributed by atoms with Crippen molar-refractivity contribution in [1.82, 2.24) is 9.88 Å². The quantitative estimate of drug-likeness (QED) is 0.340. The van der Waals surface area contributed by atoms with Crippen LogP contribution in [0.3, 0.4) is 0 Å². The number of aromatic nitrogens is 1. The van der Waals surface area contributed by atoms with Crippen molar-refractivity contribution < 1.29 is 4.79 Å². The van der Waals surface area contributed by atoms with Crippen LogP contribution >= 0.6 is 15.9 Å². The molecular formula is C30H29BrN4O. The van der Waals surface area contributed by atoms with Crippen LogP contribution in [0.4, 0.5) is 11.4 Å². The Kier molecular flexibility index (Phi) is 6.23. The molecule has 36 heavy (non-hydrogen) atoms. The Hall–Kier alpha value is -3.22. The van der Waals surface area contributed by atoms with Crippen LogP contribution in [0.15, 0.2) is 77.5 Å². The van der Waals surface area contributed by atoms with E-state index >= 15 is 0 Å². The summed E-state index contributed by atoms with van der Waals surface area (Å²) >= 11 is 3.80.